The van der Waals surface area contributed by atoms with Crippen LogP contribution in [0.5, 0.6) is 23.0 Å². The fourth-order valence-electron chi connectivity index (χ4n) is 3.17. The van der Waals surface area contributed by atoms with Crippen LogP contribution in [0.4, 0.5) is 0 Å². The Hall–Kier alpha value is -5.18. The lowest BCUT2D eigenvalue weighted by molar-refractivity contribution is -0.138. The highest BCUT2D eigenvalue weighted by atomic mass is 16.6. The summed E-state index contributed by atoms with van der Waals surface area (Å²) in [6.45, 7) is 13.9. The molecule has 3 aromatic rings. The summed E-state index contributed by atoms with van der Waals surface area (Å²) in [5.41, 5.74) is 0.313. The number of ether oxygens (including phenoxy) is 5. The largest absolute Gasteiger partial charge is 0.493 e. The molecular formula is C31H28O9. The first-order chi connectivity index (χ1) is 19.1. The maximum atomic E-state index is 12.9. The van der Waals surface area contributed by atoms with E-state index in [9.17, 15) is 19.2 Å². The van der Waals surface area contributed by atoms with Crippen LogP contribution in [0.3, 0.4) is 0 Å². The van der Waals surface area contributed by atoms with Gasteiger partial charge in [-0.2, -0.15) is 0 Å². The molecule has 0 atom stereocenters. The van der Waals surface area contributed by atoms with Crippen molar-refractivity contribution in [1.82, 2.24) is 0 Å². The normalized spacial score (nSPS) is 10.2. The van der Waals surface area contributed by atoms with Crippen LogP contribution in [0, 0.1) is 0 Å². The molecule has 0 fully saturated rings. The number of rotatable bonds is 12. The smallest absolute Gasteiger partial charge is 0.343 e. The van der Waals surface area contributed by atoms with Crippen LogP contribution in [0.2, 0.25) is 0 Å². The van der Waals surface area contributed by atoms with E-state index in [0.717, 1.165) is 16.8 Å². The molecule has 3 rings (SSSR count). The molecule has 3 aromatic carbocycles. The van der Waals surface area contributed by atoms with Gasteiger partial charge in [-0.3, -0.25) is 0 Å². The van der Waals surface area contributed by atoms with Gasteiger partial charge in [-0.25, -0.2) is 19.2 Å². The second-order valence-electron chi connectivity index (χ2n) is 8.64. The first kappa shape index (κ1) is 29.4. The third-order valence-corrected chi connectivity index (χ3v) is 5.24. The lowest BCUT2D eigenvalue weighted by Crippen LogP contribution is -2.14. The van der Waals surface area contributed by atoms with E-state index in [1.807, 2.05) is 12.1 Å². The van der Waals surface area contributed by atoms with Crippen molar-refractivity contribution in [2.24, 2.45) is 0 Å². The van der Waals surface area contributed by atoms with E-state index in [1.165, 1.54) is 32.0 Å². The average Bonchev–Trinajstić information content (AvgIpc) is 2.93. The molecule has 0 aliphatic carbocycles. The van der Waals surface area contributed by atoms with Gasteiger partial charge in [0, 0.05) is 23.6 Å². The van der Waals surface area contributed by atoms with Crippen molar-refractivity contribution in [3.8, 4) is 23.0 Å². The summed E-state index contributed by atoms with van der Waals surface area (Å²) in [5, 5.41) is 1.66. The Bertz CT molecular complexity index is 1500. The van der Waals surface area contributed by atoms with Gasteiger partial charge in [0.1, 0.15) is 11.5 Å². The highest BCUT2D eigenvalue weighted by molar-refractivity contribution is 5.95. The van der Waals surface area contributed by atoms with Gasteiger partial charge in [-0.1, -0.05) is 31.9 Å². The zero-order valence-corrected chi connectivity index (χ0v) is 22.2. The van der Waals surface area contributed by atoms with Crippen LogP contribution < -0.4 is 18.9 Å². The monoisotopic (exact) mass is 544 g/mol. The van der Waals surface area contributed by atoms with Gasteiger partial charge in [-0.15, -0.1) is 0 Å². The molecule has 0 aromatic heterocycles. The first-order valence-electron chi connectivity index (χ1n) is 12.1. The molecule has 0 saturated heterocycles. The zero-order chi connectivity index (χ0) is 29.2. The fourth-order valence-corrected chi connectivity index (χ4v) is 3.17. The van der Waals surface area contributed by atoms with Gasteiger partial charge < -0.3 is 23.7 Å². The SMILES string of the molecule is C=CC(=O)OCCCOc1ccc2cc(OC(=O)c3ccc(OC(=O)C(=C)C)c(OC(=O)C(=C)C)c3)ccc2c1. The molecule has 9 nitrogen and oxygen atoms in total. The molecular weight excluding hydrogens is 516 g/mol. The van der Waals surface area contributed by atoms with Gasteiger partial charge in [0.15, 0.2) is 11.5 Å². The Kier molecular flexibility index (Phi) is 9.96. The lowest BCUT2D eigenvalue weighted by Gasteiger charge is -2.12. The molecule has 0 heterocycles. The molecule has 0 aliphatic rings. The van der Waals surface area contributed by atoms with Crippen molar-refractivity contribution in [3.05, 3.63) is 97.1 Å². The number of hydrogen-bond donors (Lipinski definition) is 0. The first-order valence-corrected chi connectivity index (χ1v) is 12.1. The van der Waals surface area contributed by atoms with E-state index < -0.39 is 23.9 Å². The predicted molar refractivity (Wildman–Crippen MR) is 148 cm³/mol. The summed E-state index contributed by atoms with van der Waals surface area (Å²) in [6, 6.07) is 14.5. The minimum Gasteiger partial charge on any atom is -0.493 e. The van der Waals surface area contributed by atoms with Gasteiger partial charge in [0.25, 0.3) is 0 Å². The molecule has 0 spiro atoms. The molecule has 40 heavy (non-hydrogen) atoms. The van der Waals surface area contributed by atoms with Crippen LogP contribution in [0.1, 0.15) is 30.6 Å². The Morgan fingerprint density at radius 3 is 1.95 bits per heavy atom. The molecule has 9 heteroatoms. The number of esters is 4. The van der Waals surface area contributed by atoms with Gasteiger partial charge in [0.2, 0.25) is 0 Å². The molecule has 206 valence electrons. The Morgan fingerprint density at radius 1 is 0.725 bits per heavy atom. The van der Waals surface area contributed by atoms with Crippen LogP contribution >= 0.6 is 0 Å². The number of benzene rings is 3. The van der Waals surface area contributed by atoms with Crippen LogP contribution in [0.15, 0.2) is 91.6 Å². The molecule has 0 N–H and O–H groups in total. The second-order valence-corrected chi connectivity index (χ2v) is 8.64. The number of fused-ring (bicyclic) bond motifs is 1. The molecule has 0 unspecified atom stereocenters. The van der Waals surface area contributed by atoms with Gasteiger partial charge in [0.05, 0.1) is 18.8 Å². The summed E-state index contributed by atoms with van der Waals surface area (Å²) < 4.78 is 26.6. The Labute approximate surface area is 231 Å². The summed E-state index contributed by atoms with van der Waals surface area (Å²) >= 11 is 0. The van der Waals surface area contributed by atoms with E-state index in [0.29, 0.717) is 18.8 Å². The fraction of sp³-hybridized carbons (Fsp3) is 0.161. The van der Waals surface area contributed by atoms with E-state index in [1.54, 1.807) is 24.3 Å². The molecule has 0 aliphatic heterocycles. The highest BCUT2D eigenvalue weighted by Crippen LogP contribution is 2.31. The van der Waals surface area contributed by atoms with Crippen molar-refractivity contribution in [2.45, 2.75) is 20.3 Å². The van der Waals surface area contributed by atoms with Crippen LogP contribution in [-0.2, 0) is 19.1 Å². The minimum atomic E-state index is -0.757. The summed E-state index contributed by atoms with van der Waals surface area (Å²) in [5.74, 6) is -1.97. The maximum Gasteiger partial charge on any atom is 0.343 e. The zero-order valence-electron chi connectivity index (χ0n) is 22.2. The van der Waals surface area contributed by atoms with Gasteiger partial charge in [-0.05, 0) is 67.1 Å². The highest BCUT2D eigenvalue weighted by Gasteiger charge is 2.19. The quantitative estimate of drug-likeness (QED) is 0.126. The lowest BCUT2D eigenvalue weighted by atomic mass is 10.1. The molecule has 0 saturated carbocycles. The molecule has 0 amide bonds. The van der Waals surface area contributed by atoms with E-state index in [-0.39, 0.29) is 40.6 Å². The van der Waals surface area contributed by atoms with E-state index >= 15 is 0 Å². The predicted octanol–water partition coefficient (Wildman–Crippen LogP) is 5.52. The van der Waals surface area contributed by atoms with Crippen molar-refractivity contribution >= 4 is 34.6 Å². The second kappa shape index (κ2) is 13.6. The summed E-state index contributed by atoms with van der Waals surface area (Å²) in [6.07, 6.45) is 1.63. The van der Waals surface area contributed by atoms with Crippen molar-refractivity contribution in [3.63, 3.8) is 0 Å². The van der Waals surface area contributed by atoms with Crippen LogP contribution in [0.25, 0.3) is 10.8 Å². The summed E-state index contributed by atoms with van der Waals surface area (Å²) in [7, 11) is 0. The van der Waals surface area contributed by atoms with Crippen molar-refractivity contribution < 1.29 is 42.9 Å². The van der Waals surface area contributed by atoms with E-state index in [4.69, 9.17) is 23.7 Å². The summed E-state index contributed by atoms with van der Waals surface area (Å²) in [4.78, 5) is 48.0. The van der Waals surface area contributed by atoms with Crippen molar-refractivity contribution in [2.75, 3.05) is 13.2 Å². The minimum absolute atomic E-state index is 0.0576. The average molecular weight is 545 g/mol. The third kappa shape index (κ3) is 8.16. The topological polar surface area (TPSA) is 114 Å². The standard InChI is InChI=1S/C31H28O9/c1-6-28(32)37-15-7-14-36-24-11-8-22-17-25(12-9-21(22)16-24)38-31(35)23-10-13-26(39-29(33)19(2)3)27(18-23)40-30(34)20(4)5/h6,8-13,16-18H,1-2,4,7,14-15H2,3,5H3. The number of carbonyl (C=O) groups excluding carboxylic acids is 4. The number of hydrogen-bond acceptors (Lipinski definition) is 9. The maximum absolute atomic E-state index is 12.9. The Balaban J connectivity index is 1.71. The van der Waals surface area contributed by atoms with Gasteiger partial charge >= 0.3 is 23.9 Å². The number of carbonyl (C=O) groups is 4. The van der Waals surface area contributed by atoms with E-state index in [2.05, 4.69) is 19.7 Å². The molecule has 0 bridgehead atoms. The van der Waals surface area contributed by atoms with Crippen molar-refractivity contribution in [1.29, 1.82) is 0 Å². The van der Waals surface area contributed by atoms with Crippen LogP contribution in [-0.4, -0.2) is 37.1 Å². The third-order valence-electron chi connectivity index (χ3n) is 5.24. The molecule has 0 radical (unpaired) electrons. The Morgan fingerprint density at radius 2 is 1.32 bits per heavy atom.